The molecule has 108 valence electrons. The number of amides is 2. The van der Waals surface area contributed by atoms with Crippen molar-refractivity contribution >= 4 is 11.8 Å². The molecule has 0 spiro atoms. The predicted octanol–water partition coefficient (Wildman–Crippen LogP) is 1.69. The highest BCUT2D eigenvalue weighted by atomic mass is 16.3. The third kappa shape index (κ3) is 2.71. The highest BCUT2D eigenvalue weighted by Crippen LogP contribution is 2.28. The normalized spacial score (nSPS) is 24.8. The lowest BCUT2D eigenvalue weighted by Crippen LogP contribution is -2.60. The van der Waals surface area contributed by atoms with Gasteiger partial charge in [0.15, 0.2) is 0 Å². The molecule has 1 aromatic rings. The average molecular weight is 276 g/mol. The second-order valence-electron chi connectivity index (χ2n) is 5.72. The number of hydrogen-bond acceptors (Lipinski definition) is 3. The molecule has 1 N–H and O–H groups in total. The lowest BCUT2D eigenvalue weighted by atomic mass is 9.82. The van der Waals surface area contributed by atoms with Crippen molar-refractivity contribution < 1.29 is 14.0 Å². The molecule has 1 aliphatic carbocycles. The Hall–Kier alpha value is -1.78. The molecule has 1 aliphatic heterocycles. The first-order chi connectivity index (χ1) is 9.74. The SMILES string of the molecule is O=C1CN(Cc2ccco2)C(=O)C(C2CCCCC2)N1. The molecular formula is C15H20N2O3. The molecule has 1 aromatic heterocycles. The van der Waals surface area contributed by atoms with Gasteiger partial charge in [0.2, 0.25) is 11.8 Å². The van der Waals surface area contributed by atoms with E-state index >= 15 is 0 Å². The van der Waals surface area contributed by atoms with Gasteiger partial charge in [-0.05, 0) is 30.9 Å². The van der Waals surface area contributed by atoms with Crippen molar-refractivity contribution in [2.45, 2.75) is 44.7 Å². The van der Waals surface area contributed by atoms with Gasteiger partial charge in [-0.1, -0.05) is 19.3 Å². The van der Waals surface area contributed by atoms with Gasteiger partial charge in [-0.15, -0.1) is 0 Å². The lowest BCUT2D eigenvalue weighted by Gasteiger charge is -2.37. The molecule has 20 heavy (non-hydrogen) atoms. The molecule has 2 fully saturated rings. The Labute approximate surface area is 118 Å². The van der Waals surface area contributed by atoms with Gasteiger partial charge in [0.05, 0.1) is 12.8 Å². The zero-order chi connectivity index (χ0) is 13.9. The van der Waals surface area contributed by atoms with Gasteiger partial charge < -0.3 is 14.6 Å². The summed E-state index contributed by atoms with van der Waals surface area (Å²) in [5, 5.41) is 2.88. The van der Waals surface area contributed by atoms with Crippen LogP contribution in [0.3, 0.4) is 0 Å². The van der Waals surface area contributed by atoms with E-state index in [1.165, 1.54) is 6.42 Å². The summed E-state index contributed by atoms with van der Waals surface area (Å²) in [7, 11) is 0. The molecular weight excluding hydrogens is 256 g/mol. The molecule has 2 amide bonds. The van der Waals surface area contributed by atoms with Crippen molar-refractivity contribution in [2.75, 3.05) is 6.54 Å². The number of nitrogens with zero attached hydrogens (tertiary/aromatic N) is 1. The molecule has 0 bridgehead atoms. The van der Waals surface area contributed by atoms with Crippen LogP contribution in [-0.2, 0) is 16.1 Å². The molecule has 5 heteroatoms. The molecule has 1 atom stereocenters. The van der Waals surface area contributed by atoms with E-state index in [1.54, 1.807) is 17.2 Å². The Morgan fingerprint density at radius 3 is 2.75 bits per heavy atom. The molecule has 1 saturated carbocycles. The van der Waals surface area contributed by atoms with Crippen LogP contribution in [-0.4, -0.2) is 29.3 Å². The van der Waals surface area contributed by atoms with E-state index in [9.17, 15) is 9.59 Å². The summed E-state index contributed by atoms with van der Waals surface area (Å²) < 4.78 is 5.27. The predicted molar refractivity (Wildman–Crippen MR) is 72.6 cm³/mol. The third-order valence-corrected chi connectivity index (χ3v) is 4.28. The van der Waals surface area contributed by atoms with Crippen molar-refractivity contribution in [3.8, 4) is 0 Å². The van der Waals surface area contributed by atoms with E-state index in [2.05, 4.69) is 5.32 Å². The maximum absolute atomic E-state index is 12.6. The van der Waals surface area contributed by atoms with E-state index in [0.717, 1.165) is 31.4 Å². The van der Waals surface area contributed by atoms with Crippen LogP contribution in [0.5, 0.6) is 0 Å². The Morgan fingerprint density at radius 2 is 2.05 bits per heavy atom. The maximum atomic E-state index is 12.6. The Bertz CT molecular complexity index is 477. The minimum absolute atomic E-state index is 0.0351. The number of carbonyl (C=O) groups excluding carboxylic acids is 2. The summed E-state index contributed by atoms with van der Waals surface area (Å²) in [6, 6.07) is 3.28. The van der Waals surface area contributed by atoms with Crippen molar-refractivity contribution in [2.24, 2.45) is 5.92 Å². The third-order valence-electron chi connectivity index (χ3n) is 4.28. The molecule has 0 aromatic carbocycles. The first-order valence-electron chi connectivity index (χ1n) is 7.34. The quantitative estimate of drug-likeness (QED) is 0.913. The van der Waals surface area contributed by atoms with Gasteiger partial charge in [0, 0.05) is 0 Å². The van der Waals surface area contributed by atoms with E-state index in [1.807, 2.05) is 6.07 Å². The summed E-state index contributed by atoms with van der Waals surface area (Å²) in [6.07, 6.45) is 7.20. The molecule has 1 saturated heterocycles. The van der Waals surface area contributed by atoms with Crippen LogP contribution in [0, 0.1) is 5.92 Å². The summed E-state index contributed by atoms with van der Waals surface area (Å²) in [6.45, 7) is 0.505. The van der Waals surface area contributed by atoms with Gasteiger partial charge in [-0.25, -0.2) is 0 Å². The highest BCUT2D eigenvalue weighted by molar-refractivity contribution is 5.95. The number of nitrogens with one attached hydrogen (secondary N) is 1. The molecule has 2 aliphatic rings. The number of furan rings is 1. The van der Waals surface area contributed by atoms with Crippen molar-refractivity contribution in [1.29, 1.82) is 0 Å². The minimum Gasteiger partial charge on any atom is -0.467 e. The van der Waals surface area contributed by atoms with Crippen LogP contribution in [0.2, 0.25) is 0 Å². The largest absolute Gasteiger partial charge is 0.467 e. The molecule has 5 nitrogen and oxygen atoms in total. The minimum atomic E-state index is -0.341. The fraction of sp³-hybridized carbons (Fsp3) is 0.600. The average Bonchev–Trinajstić information content (AvgIpc) is 2.96. The van der Waals surface area contributed by atoms with E-state index in [0.29, 0.717) is 12.5 Å². The van der Waals surface area contributed by atoms with Crippen LogP contribution in [0.4, 0.5) is 0 Å². The molecule has 1 unspecified atom stereocenters. The number of piperazine rings is 1. The molecule has 3 rings (SSSR count). The van der Waals surface area contributed by atoms with Gasteiger partial charge in [0.1, 0.15) is 18.3 Å². The molecule has 2 heterocycles. The van der Waals surface area contributed by atoms with Crippen molar-refractivity contribution in [1.82, 2.24) is 10.2 Å². The van der Waals surface area contributed by atoms with Gasteiger partial charge in [-0.3, -0.25) is 9.59 Å². The Balaban J connectivity index is 1.71. The van der Waals surface area contributed by atoms with Crippen LogP contribution in [0.15, 0.2) is 22.8 Å². The summed E-state index contributed by atoms with van der Waals surface area (Å²) in [4.78, 5) is 26.0. The zero-order valence-corrected chi connectivity index (χ0v) is 11.5. The van der Waals surface area contributed by atoms with Crippen molar-refractivity contribution in [3.05, 3.63) is 24.2 Å². The first-order valence-corrected chi connectivity index (χ1v) is 7.34. The van der Waals surface area contributed by atoms with E-state index in [4.69, 9.17) is 4.42 Å². The number of carbonyl (C=O) groups is 2. The number of hydrogen-bond donors (Lipinski definition) is 1. The highest BCUT2D eigenvalue weighted by Gasteiger charge is 2.38. The van der Waals surface area contributed by atoms with Crippen LogP contribution in [0.25, 0.3) is 0 Å². The fourth-order valence-electron chi connectivity index (χ4n) is 3.24. The lowest BCUT2D eigenvalue weighted by molar-refractivity contribution is -0.147. The van der Waals surface area contributed by atoms with E-state index < -0.39 is 0 Å². The zero-order valence-electron chi connectivity index (χ0n) is 11.5. The summed E-state index contributed by atoms with van der Waals surface area (Å²) >= 11 is 0. The Morgan fingerprint density at radius 1 is 1.25 bits per heavy atom. The fourth-order valence-corrected chi connectivity index (χ4v) is 3.24. The van der Waals surface area contributed by atoms with E-state index in [-0.39, 0.29) is 24.4 Å². The van der Waals surface area contributed by atoms with Gasteiger partial charge in [0.25, 0.3) is 0 Å². The number of rotatable bonds is 3. The van der Waals surface area contributed by atoms with Crippen LogP contribution in [0.1, 0.15) is 37.9 Å². The Kier molecular flexibility index (Phi) is 3.76. The first kappa shape index (κ1) is 13.2. The smallest absolute Gasteiger partial charge is 0.246 e. The second kappa shape index (κ2) is 5.69. The summed E-state index contributed by atoms with van der Waals surface area (Å²) in [5.41, 5.74) is 0. The topological polar surface area (TPSA) is 62.6 Å². The van der Waals surface area contributed by atoms with Crippen LogP contribution < -0.4 is 5.32 Å². The standard InChI is InChI=1S/C15H20N2O3/c18-13-10-17(9-12-7-4-8-20-12)15(19)14(16-13)11-5-2-1-3-6-11/h4,7-8,11,14H,1-3,5-6,9-10H2,(H,16,18). The summed E-state index contributed by atoms with van der Waals surface area (Å²) in [5.74, 6) is 0.981. The van der Waals surface area contributed by atoms with Crippen molar-refractivity contribution in [3.63, 3.8) is 0 Å². The second-order valence-corrected chi connectivity index (χ2v) is 5.72. The van der Waals surface area contributed by atoms with Crippen LogP contribution >= 0.6 is 0 Å². The van der Waals surface area contributed by atoms with Gasteiger partial charge >= 0.3 is 0 Å². The monoisotopic (exact) mass is 276 g/mol. The van der Waals surface area contributed by atoms with Gasteiger partial charge in [-0.2, -0.15) is 0 Å². The maximum Gasteiger partial charge on any atom is 0.246 e. The molecule has 0 radical (unpaired) electrons.